The first-order valence-electron chi connectivity index (χ1n) is 30.5. The minimum atomic E-state index is -4.81. The number of aliphatic hydroxyl groups is 1. The number of phosphoric ester groups is 1. The van der Waals surface area contributed by atoms with Crippen molar-refractivity contribution in [3.05, 3.63) is 0 Å². The van der Waals surface area contributed by atoms with Gasteiger partial charge in [0.2, 0.25) is 0 Å². The Kier molecular flexibility index (Phi) is 49.0. The second-order valence-corrected chi connectivity index (χ2v) is 23.2. The standard InChI is InChI=1S/C59H114NO13P/c1-7-11-15-19-23-31-39-53(40-32-24-20-16-12-8-2)71-57(63)44-36-28-27-35-43-56(62)68-51-55(52-70-74(66,67)69-50-48-60(5,6)47-49-61)73-59(65)46-38-30-29-37-45-58(64)72-54(41-33-25-21-17-13-9-3)42-34-26-22-18-14-10-4/h53-55,61H,7-52H2,1-6H3/t55-/m0/s1. The van der Waals surface area contributed by atoms with E-state index in [4.69, 9.17) is 28.0 Å². The Morgan fingerprint density at radius 2 is 0.730 bits per heavy atom. The largest absolute Gasteiger partial charge is 0.756 e. The highest BCUT2D eigenvalue weighted by molar-refractivity contribution is 7.45. The van der Waals surface area contributed by atoms with Crippen LogP contribution in [0.1, 0.15) is 285 Å². The van der Waals surface area contributed by atoms with Gasteiger partial charge in [-0.05, 0) is 77.0 Å². The maximum absolute atomic E-state index is 13.0. The summed E-state index contributed by atoms with van der Waals surface area (Å²) in [6.07, 6.45) is 37.6. The van der Waals surface area contributed by atoms with E-state index >= 15 is 0 Å². The Bertz CT molecular complexity index is 1350. The third kappa shape index (κ3) is 48.3. The van der Waals surface area contributed by atoms with Crippen molar-refractivity contribution >= 4 is 31.7 Å². The van der Waals surface area contributed by atoms with Crippen LogP contribution in [0.5, 0.6) is 0 Å². The summed E-state index contributed by atoms with van der Waals surface area (Å²) in [4.78, 5) is 64.1. The van der Waals surface area contributed by atoms with Gasteiger partial charge in [-0.25, -0.2) is 0 Å². The Labute approximate surface area is 452 Å². The van der Waals surface area contributed by atoms with Crippen molar-refractivity contribution in [2.24, 2.45) is 0 Å². The van der Waals surface area contributed by atoms with Gasteiger partial charge in [0.1, 0.15) is 38.5 Å². The van der Waals surface area contributed by atoms with Crippen molar-refractivity contribution < 1.29 is 66.2 Å². The number of likely N-dealkylation sites (N-methyl/N-ethyl adjacent to an activating group) is 1. The molecule has 0 bridgehead atoms. The second-order valence-electron chi connectivity index (χ2n) is 21.8. The third-order valence-electron chi connectivity index (χ3n) is 13.9. The molecule has 0 heterocycles. The summed E-state index contributed by atoms with van der Waals surface area (Å²) in [7, 11) is -1.14. The molecule has 14 nitrogen and oxygen atoms in total. The van der Waals surface area contributed by atoms with E-state index < -0.39 is 39.1 Å². The molecule has 0 aromatic carbocycles. The van der Waals surface area contributed by atoms with E-state index in [-0.39, 0.29) is 50.2 Å². The smallest absolute Gasteiger partial charge is 0.306 e. The maximum atomic E-state index is 13.0. The Morgan fingerprint density at radius 1 is 0.419 bits per heavy atom. The summed E-state index contributed by atoms with van der Waals surface area (Å²) in [5, 5.41) is 9.29. The average molecular weight is 1080 g/mol. The molecule has 0 amide bonds. The SMILES string of the molecule is CCCCCCCCC(CCCCCCCC)OC(=O)CCCCCCC(=O)OC[C@@H](COP(=O)([O-])OCC[N+](C)(C)CCO)OC(=O)CCCCCCC(=O)OC(CCCCCCCC)CCCCCCCC. The van der Waals surface area contributed by atoms with E-state index in [0.29, 0.717) is 68.9 Å². The molecular weight excluding hydrogens is 962 g/mol. The molecule has 438 valence electrons. The van der Waals surface area contributed by atoms with Crippen LogP contribution in [0.2, 0.25) is 0 Å². The summed E-state index contributed by atoms with van der Waals surface area (Å²) in [6.45, 7) is 8.37. The highest BCUT2D eigenvalue weighted by Crippen LogP contribution is 2.38. The zero-order chi connectivity index (χ0) is 54.8. The molecule has 0 aliphatic heterocycles. The lowest BCUT2D eigenvalue weighted by atomic mass is 10.0. The molecule has 0 aliphatic rings. The van der Waals surface area contributed by atoms with Crippen molar-refractivity contribution in [1.82, 2.24) is 0 Å². The van der Waals surface area contributed by atoms with Crippen LogP contribution in [0, 0.1) is 0 Å². The zero-order valence-corrected chi connectivity index (χ0v) is 49.4. The lowest BCUT2D eigenvalue weighted by molar-refractivity contribution is -0.890. The van der Waals surface area contributed by atoms with E-state index in [9.17, 15) is 33.7 Å². The molecule has 0 saturated heterocycles. The fourth-order valence-electron chi connectivity index (χ4n) is 9.02. The molecule has 0 rings (SSSR count). The maximum Gasteiger partial charge on any atom is 0.306 e. The van der Waals surface area contributed by atoms with Crippen molar-refractivity contribution in [3.8, 4) is 0 Å². The molecule has 0 radical (unpaired) electrons. The predicted octanol–water partition coefficient (Wildman–Crippen LogP) is 14.5. The van der Waals surface area contributed by atoms with Crippen molar-refractivity contribution in [2.75, 3.05) is 53.6 Å². The molecule has 0 aliphatic carbocycles. The molecule has 1 N–H and O–H groups in total. The number of hydrogen-bond donors (Lipinski definition) is 1. The molecule has 2 atom stereocenters. The highest BCUT2D eigenvalue weighted by Gasteiger charge is 2.23. The van der Waals surface area contributed by atoms with Gasteiger partial charge in [-0.2, -0.15) is 0 Å². The van der Waals surface area contributed by atoms with Crippen LogP contribution in [0.4, 0.5) is 0 Å². The lowest BCUT2D eigenvalue weighted by Crippen LogP contribution is -2.44. The van der Waals surface area contributed by atoms with Crippen molar-refractivity contribution in [2.45, 2.75) is 303 Å². The van der Waals surface area contributed by atoms with Crippen LogP contribution >= 0.6 is 7.82 Å². The Morgan fingerprint density at radius 3 is 1.08 bits per heavy atom. The van der Waals surface area contributed by atoms with Gasteiger partial charge in [-0.3, -0.25) is 23.7 Å². The number of aliphatic hydroxyl groups excluding tert-OH is 1. The minimum absolute atomic E-state index is 0.0174. The number of quaternary nitrogens is 1. The van der Waals surface area contributed by atoms with Gasteiger partial charge in [-0.15, -0.1) is 0 Å². The number of nitrogens with zero attached hydrogens (tertiary/aromatic N) is 1. The molecule has 0 saturated carbocycles. The van der Waals surface area contributed by atoms with Gasteiger partial charge in [0.05, 0.1) is 27.3 Å². The number of carbonyl (C=O) groups is 4. The van der Waals surface area contributed by atoms with Gasteiger partial charge < -0.3 is 42.5 Å². The van der Waals surface area contributed by atoms with E-state index in [0.717, 1.165) is 64.2 Å². The van der Waals surface area contributed by atoms with Crippen molar-refractivity contribution in [3.63, 3.8) is 0 Å². The number of esters is 4. The van der Waals surface area contributed by atoms with Gasteiger partial charge in [0, 0.05) is 25.7 Å². The monoisotopic (exact) mass is 1080 g/mol. The summed E-state index contributed by atoms with van der Waals surface area (Å²) in [5.41, 5.74) is 0. The van der Waals surface area contributed by atoms with E-state index in [1.807, 2.05) is 14.1 Å². The number of ether oxygens (including phenoxy) is 4. The van der Waals surface area contributed by atoms with Gasteiger partial charge in [0.15, 0.2) is 6.10 Å². The Balaban J connectivity index is 5.02. The van der Waals surface area contributed by atoms with Gasteiger partial charge in [-0.1, -0.05) is 182 Å². The quantitative estimate of drug-likeness (QED) is 0.0200. The number of rotatable bonds is 56. The first kappa shape index (κ1) is 71.9. The second kappa shape index (κ2) is 50.4. The molecule has 0 aromatic rings. The number of hydrogen-bond acceptors (Lipinski definition) is 13. The molecule has 0 fully saturated rings. The van der Waals surface area contributed by atoms with Gasteiger partial charge >= 0.3 is 23.9 Å². The van der Waals surface area contributed by atoms with Crippen LogP contribution in [0.15, 0.2) is 0 Å². The molecular formula is C59H114NO13P. The third-order valence-corrected chi connectivity index (χ3v) is 14.9. The first-order valence-corrected chi connectivity index (χ1v) is 31.9. The summed E-state index contributed by atoms with van der Waals surface area (Å²) < 4.78 is 46.1. The van der Waals surface area contributed by atoms with E-state index in [1.165, 1.54) is 128 Å². The number of phosphoric acid groups is 1. The number of carbonyl (C=O) groups excluding carboxylic acids is 4. The van der Waals surface area contributed by atoms with Gasteiger partial charge in [0.25, 0.3) is 7.82 Å². The normalized spacial score (nSPS) is 13.1. The molecule has 0 spiro atoms. The predicted molar refractivity (Wildman–Crippen MR) is 296 cm³/mol. The van der Waals surface area contributed by atoms with E-state index in [2.05, 4.69) is 27.7 Å². The van der Waals surface area contributed by atoms with E-state index in [1.54, 1.807) is 0 Å². The molecule has 74 heavy (non-hydrogen) atoms. The minimum Gasteiger partial charge on any atom is -0.756 e. The van der Waals surface area contributed by atoms with Crippen LogP contribution in [0.25, 0.3) is 0 Å². The fraction of sp³-hybridized carbons (Fsp3) is 0.932. The topological polar surface area (TPSA) is 184 Å². The molecule has 0 aromatic heterocycles. The van der Waals surface area contributed by atoms with Crippen LogP contribution < -0.4 is 4.89 Å². The lowest BCUT2D eigenvalue weighted by Gasteiger charge is -2.31. The van der Waals surface area contributed by atoms with Crippen molar-refractivity contribution in [1.29, 1.82) is 0 Å². The van der Waals surface area contributed by atoms with Crippen LogP contribution in [-0.4, -0.2) is 105 Å². The highest BCUT2D eigenvalue weighted by atomic mass is 31.2. The van der Waals surface area contributed by atoms with Crippen LogP contribution in [0.3, 0.4) is 0 Å². The number of unbranched alkanes of at least 4 members (excludes halogenated alkanes) is 26. The average Bonchev–Trinajstić information content (AvgIpc) is 3.35. The summed E-state index contributed by atoms with van der Waals surface area (Å²) >= 11 is 0. The summed E-state index contributed by atoms with van der Waals surface area (Å²) in [5.74, 6) is -1.40. The van der Waals surface area contributed by atoms with Crippen LogP contribution in [-0.2, 0) is 51.7 Å². The first-order chi connectivity index (χ1) is 35.7. The summed E-state index contributed by atoms with van der Waals surface area (Å²) in [6, 6.07) is 0. The molecule has 1 unspecified atom stereocenters. The molecule has 15 heteroatoms. The zero-order valence-electron chi connectivity index (χ0n) is 48.5. The fourth-order valence-corrected chi connectivity index (χ4v) is 9.75. The Hall–Kier alpha value is -2.09.